The summed E-state index contributed by atoms with van der Waals surface area (Å²) in [6.07, 6.45) is -0.655. The van der Waals surface area contributed by atoms with Crippen molar-refractivity contribution in [1.29, 1.82) is 0 Å². The van der Waals surface area contributed by atoms with Crippen LogP contribution in [0.1, 0.15) is 0 Å². The Balaban J connectivity index is 2.41. The standard InChI is InChI=1S/C9H12N4O2/c10-4-6(14)5-13-7-2-1-3-8(15)9(7)11-12-13/h1-3,6,14-15H,4-5,10H2. The monoisotopic (exact) mass is 208 g/mol. The van der Waals surface area contributed by atoms with Crippen LogP contribution >= 0.6 is 0 Å². The second-order valence-electron chi connectivity index (χ2n) is 3.31. The second kappa shape index (κ2) is 3.84. The Morgan fingerprint density at radius 3 is 3.00 bits per heavy atom. The Kier molecular flexibility index (Phi) is 2.53. The molecule has 0 bridgehead atoms. The topological polar surface area (TPSA) is 97.2 Å². The maximum Gasteiger partial charge on any atom is 0.154 e. The van der Waals surface area contributed by atoms with Crippen molar-refractivity contribution in [2.45, 2.75) is 12.6 Å². The fourth-order valence-corrected chi connectivity index (χ4v) is 1.39. The van der Waals surface area contributed by atoms with E-state index >= 15 is 0 Å². The largest absolute Gasteiger partial charge is 0.506 e. The highest BCUT2D eigenvalue weighted by Gasteiger charge is 2.10. The molecule has 80 valence electrons. The van der Waals surface area contributed by atoms with Gasteiger partial charge in [0.1, 0.15) is 5.75 Å². The van der Waals surface area contributed by atoms with Crippen molar-refractivity contribution in [1.82, 2.24) is 15.0 Å². The summed E-state index contributed by atoms with van der Waals surface area (Å²) in [6.45, 7) is 0.441. The number of fused-ring (bicyclic) bond motifs is 1. The molecule has 1 heterocycles. The van der Waals surface area contributed by atoms with Gasteiger partial charge in [0, 0.05) is 6.54 Å². The molecule has 0 aliphatic carbocycles. The van der Waals surface area contributed by atoms with Crippen LogP contribution in [-0.4, -0.2) is 37.9 Å². The van der Waals surface area contributed by atoms with Gasteiger partial charge in [-0.2, -0.15) is 0 Å². The highest BCUT2D eigenvalue weighted by Crippen LogP contribution is 2.21. The minimum Gasteiger partial charge on any atom is -0.506 e. The lowest BCUT2D eigenvalue weighted by Gasteiger charge is -2.07. The van der Waals surface area contributed by atoms with E-state index in [1.54, 1.807) is 18.2 Å². The van der Waals surface area contributed by atoms with Crippen LogP contribution in [0.5, 0.6) is 5.75 Å². The molecule has 6 heteroatoms. The molecule has 2 aromatic rings. The fraction of sp³-hybridized carbons (Fsp3) is 0.333. The second-order valence-corrected chi connectivity index (χ2v) is 3.31. The maximum atomic E-state index is 9.47. The molecule has 2 rings (SSSR count). The minimum atomic E-state index is -0.655. The van der Waals surface area contributed by atoms with Gasteiger partial charge in [-0.25, -0.2) is 4.68 Å². The number of rotatable bonds is 3. The first-order valence-electron chi connectivity index (χ1n) is 4.61. The number of aliphatic hydroxyl groups excluding tert-OH is 1. The van der Waals surface area contributed by atoms with Crippen molar-refractivity contribution in [2.24, 2.45) is 5.73 Å². The first-order chi connectivity index (χ1) is 7.22. The minimum absolute atomic E-state index is 0.0842. The zero-order valence-corrected chi connectivity index (χ0v) is 8.04. The van der Waals surface area contributed by atoms with E-state index < -0.39 is 6.10 Å². The van der Waals surface area contributed by atoms with Crippen LogP contribution in [0.4, 0.5) is 0 Å². The number of nitrogens with zero attached hydrogens (tertiary/aromatic N) is 3. The molecule has 1 unspecified atom stereocenters. The summed E-state index contributed by atoms with van der Waals surface area (Å²) >= 11 is 0. The summed E-state index contributed by atoms with van der Waals surface area (Å²) in [6, 6.07) is 5.02. The SMILES string of the molecule is NCC(O)Cn1nnc2c(O)cccc21. The predicted molar refractivity (Wildman–Crippen MR) is 54.3 cm³/mol. The number of hydrogen-bond donors (Lipinski definition) is 3. The third-order valence-corrected chi connectivity index (χ3v) is 2.18. The summed E-state index contributed by atoms with van der Waals surface area (Å²) in [5, 5.41) is 26.5. The lowest BCUT2D eigenvalue weighted by molar-refractivity contribution is 0.158. The summed E-state index contributed by atoms with van der Waals surface area (Å²) < 4.78 is 1.52. The Morgan fingerprint density at radius 1 is 1.47 bits per heavy atom. The van der Waals surface area contributed by atoms with Crippen molar-refractivity contribution in [3.8, 4) is 5.75 Å². The molecule has 15 heavy (non-hydrogen) atoms. The van der Waals surface area contributed by atoms with Crippen LogP contribution in [0.25, 0.3) is 11.0 Å². The highest BCUT2D eigenvalue weighted by atomic mass is 16.3. The number of aromatic hydroxyl groups is 1. The van der Waals surface area contributed by atoms with Crippen LogP contribution in [0.3, 0.4) is 0 Å². The number of phenols is 1. The Labute approximate surface area is 85.9 Å². The molecule has 0 fully saturated rings. The molecular weight excluding hydrogens is 196 g/mol. The summed E-state index contributed by atoms with van der Waals surface area (Å²) in [7, 11) is 0. The molecule has 6 nitrogen and oxygen atoms in total. The zero-order valence-electron chi connectivity index (χ0n) is 8.04. The number of benzene rings is 1. The van der Waals surface area contributed by atoms with Crippen molar-refractivity contribution < 1.29 is 10.2 Å². The van der Waals surface area contributed by atoms with E-state index in [2.05, 4.69) is 10.3 Å². The van der Waals surface area contributed by atoms with E-state index in [4.69, 9.17) is 5.73 Å². The Hall–Kier alpha value is -1.66. The Morgan fingerprint density at radius 2 is 2.27 bits per heavy atom. The molecule has 1 atom stereocenters. The van der Waals surface area contributed by atoms with Gasteiger partial charge in [0.2, 0.25) is 0 Å². The van der Waals surface area contributed by atoms with E-state index in [0.717, 1.165) is 0 Å². The predicted octanol–water partition coefficient (Wildman–Crippen LogP) is -0.544. The summed E-state index contributed by atoms with van der Waals surface area (Å²) in [5.74, 6) is 0.0842. The van der Waals surface area contributed by atoms with Gasteiger partial charge in [-0.05, 0) is 12.1 Å². The van der Waals surface area contributed by atoms with Gasteiger partial charge in [-0.1, -0.05) is 11.3 Å². The van der Waals surface area contributed by atoms with Gasteiger partial charge in [0.25, 0.3) is 0 Å². The number of aromatic nitrogens is 3. The fourth-order valence-electron chi connectivity index (χ4n) is 1.39. The third kappa shape index (κ3) is 1.77. The molecule has 0 amide bonds. The molecule has 0 radical (unpaired) electrons. The molecule has 0 saturated carbocycles. The van der Waals surface area contributed by atoms with E-state index in [1.807, 2.05) is 0 Å². The smallest absolute Gasteiger partial charge is 0.154 e. The number of phenolic OH excluding ortho intramolecular Hbond substituents is 1. The average Bonchev–Trinajstić information content (AvgIpc) is 2.63. The van der Waals surface area contributed by atoms with Gasteiger partial charge < -0.3 is 15.9 Å². The molecule has 0 saturated heterocycles. The number of nitrogens with two attached hydrogens (primary N) is 1. The van der Waals surface area contributed by atoms with Crippen LogP contribution < -0.4 is 5.73 Å². The molecule has 0 aliphatic heterocycles. The normalized spacial score (nSPS) is 13.2. The molecule has 1 aromatic carbocycles. The molecule has 4 N–H and O–H groups in total. The van der Waals surface area contributed by atoms with Crippen LogP contribution in [0.15, 0.2) is 18.2 Å². The van der Waals surface area contributed by atoms with E-state index in [0.29, 0.717) is 11.0 Å². The Bertz CT molecular complexity index is 468. The molecule has 0 aliphatic rings. The number of hydrogen-bond acceptors (Lipinski definition) is 5. The van der Waals surface area contributed by atoms with Gasteiger partial charge in [-0.3, -0.25) is 0 Å². The summed E-state index contributed by atoms with van der Waals surface area (Å²) in [5.41, 5.74) is 6.42. The van der Waals surface area contributed by atoms with Crippen molar-refractivity contribution in [3.63, 3.8) is 0 Å². The van der Waals surface area contributed by atoms with Crippen molar-refractivity contribution in [2.75, 3.05) is 6.54 Å². The van der Waals surface area contributed by atoms with Crippen LogP contribution in [0.2, 0.25) is 0 Å². The highest BCUT2D eigenvalue weighted by molar-refractivity contribution is 5.80. The first kappa shape index (κ1) is 9.88. The molecular formula is C9H12N4O2. The van der Waals surface area contributed by atoms with Crippen LogP contribution in [-0.2, 0) is 6.54 Å². The third-order valence-electron chi connectivity index (χ3n) is 2.18. The van der Waals surface area contributed by atoms with Crippen LogP contribution in [0, 0.1) is 0 Å². The van der Waals surface area contributed by atoms with Crippen molar-refractivity contribution in [3.05, 3.63) is 18.2 Å². The van der Waals surface area contributed by atoms with Crippen molar-refractivity contribution >= 4 is 11.0 Å². The average molecular weight is 208 g/mol. The van der Waals surface area contributed by atoms with Gasteiger partial charge in [0.05, 0.1) is 18.2 Å². The first-order valence-corrected chi connectivity index (χ1v) is 4.61. The lowest BCUT2D eigenvalue weighted by atomic mass is 10.3. The zero-order chi connectivity index (χ0) is 10.8. The van der Waals surface area contributed by atoms with E-state index in [-0.39, 0.29) is 18.8 Å². The van der Waals surface area contributed by atoms with E-state index in [9.17, 15) is 10.2 Å². The van der Waals surface area contributed by atoms with Gasteiger partial charge in [0.15, 0.2) is 5.52 Å². The number of aliphatic hydroxyl groups is 1. The van der Waals surface area contributed by atoms with Gasteiger partial charge in [-0.15, -0.1) is 5.10 Å². The lowest BCUT2D eigenvalue weighted by Crippen LogP contribution is -2.25. The van der Waals surface area contributed by atoms with E-state index in [1.165, 1.54) is 4.68 Å². The van der Waals surface area contributed by atoms with Gasteiger partial charge >= 0.3 is 0 Å². The molecule has 0 spiro atoms. The quantitative estimate of drug-likeness (QED) is 0.629. The molecule has 1 aromatic heterocycles. The maximum absolute atomic E-state index is 9.47. The summed E-state index contributed by atoms with van der Waals surface area (Å²) in [4.78, 5) is 0.